The minimum atomic E-state index is 0.222. The summed E-state index contributed by atoms with van der Waals surface area (Å²) in [6.07, 6.45) is 2.34. The van der Waals surface area contributed by atoms with Crippen LogP contribution < -0.4 is 15.4 Å². The van der Waals surface area contributed by atoms with Gasteiger partial charge in [0.1, 0.15) is 6.61 Å². The maximum atomic E-state index is 5.73. The summed E-state index contributed by atoms with van der Waals surface area (Å²) < 4.78 is 5.61. The molecular formula is C13H24N6O. The van der Waals surface area contributed by atoms with Crippen molar-refractivity contribution in [1.29, 1.82) is 0 Å². The molecule has 2 N–H and O–H groups in total. The number of hydrogen-bond acceptors (Lipinski definition) is 7. The van der Waals surface area contributed by atoms with Gasteiger partial charge in [-0.15, -0.1) is 0 Å². The molecule has 0 unspecified atom stereocenters. The molecule has 1 saturated heterocycles. The van der Waals surface area contributed by atoms with Gasteiger partial charge in [0.15, 0.2) is 0 Å². The van der Waals surface area contributed by atoms with Crippen molar-refractivity contribution in [3.05, 3.63) is 0 Å². The van der Waals surface area contributed by atoms with Gasteiger partial charge in [0.05, 0.1) is 0 Å². The van der Waals surface area contributed by atoms with Crippen molar-refractivity contribution < 1.29 is 4.74 Å². The molecule has 0 radical (unpaired) electrons. The molecule has 1 aromatic rings. The van der Waals surface area contributed by atoms with Crippen LogP contribution in [0, 0.1) is 0 Å². The molecule has 7 heteroatoms. The zero-order valence-corrected chi connectivity index (χ0v) is 12.4. The SMILES string of the molecule is CCN(CC)CCOc1nc(N)nc(N2CCCC2)n1. The fourth-order valence-corrected chi connectivity index (χ4v) is 2.29. The summed E-state index contributed by atoms with van der Waals surface area (Å²) in [5.41, 5.74) is 5.73. The lowest BCUT2D eigenvalue weighted by atomic mass is 10.4. The van der Waals surface area contributed by atoms with Gasteiger partial charge < -0.3 is 20.3 Å². The number of nitrogen functional groups attached to an aromatic ring is 1. The number of likely N-dealkylation sites (N-methyl/N-ethyl adjacent to an activating group) is 1. The number of aromatic nitrogens is 3. The Labute approximate surface area is 120 Å². The molecule has 0 atom stereocenters. The van der Waals surface area contributed by atoms with Crippen molar-refractivity contribution in [3.63, 3.8) is 0 Å². The van der Waals surface area contributed by atoms with E-state index in [-0.39, 0.29) is 5.95 Å². The topological polar surface area (TPSA) is 80.4 Å². The molecule has 0 spiro atoms. The van der Waals surface area contributed by atoms with Gasteiger partial charge in [-0.1, -0.05) is 13.8 Å². The van der Waals surface area contributed by atoms with E-state index in [9.17, 15) is 0 Å². The summed E-state index contributed by atoms with van der Waals surface area (Å²) in [6.45, 7) is 9.66. The largest absolute Gasteiger partial charge is 0.462 e. The normalized spacial score (nSPS) is 15.1. The minimum Gasteiger partial charge on any atom is -0.462 e. The molecule has 1 aliphatic heterocycles. The number of rotatable bonds is 7. The molecular weight excluding hydrogens is 256 g/mol. The maximum Gasteiger partial charge on any atom is 0.323 e. The number of nitrogens with zero attached hydrogens (tertiary/aromatic N) is 5. The average molecular weight is 280 g/mol. The van der Waals surface area contributed by atoms with Crippen molar-refractivity contribution in [3.8, 4) is 6.01 Å². The second-order valence-corrected chi connectivity index (χ2v) is 4.85. The first-order chi connectivity index (χ1) is 9.72. The summed E-state index contributed by atoms with van der Waals surface area (Å²) >= 11 is 0. The molecule has 0 aromatic carbocycles. The summed E-state index contributed by atoms with van der Waals surface area (Å²) in [6, 6.07) is 0.326. The summed E-state index contributed by atoms with van der Waals surface area (Å²) in [4.78, 5) is 17.0. The molecule has 20 heavy (non-hydrogen) atoms. The van der Waals surface area contributed by atoms with Crippen molar-refractivity contribution >= 4 is 11.9 Å². The second-order valence-electron chi connectivity index (χ2n) is 4.85. The number of nitrogens with two attached hydrogens (primary N) is 1. The molecule has 2 rings (SSSR count). The third-order valence-corrected chi connectivity index (χ3v) is 3.54. The molecule has 1 fully saturated rings. The quantitative estimate of drug-likeness (QED) is 0.790. The molecule has 0 saturated carbocycles. The van der Waals surface area contributed by atoms with Gasteiger partial charge >= 0.3 is 6.01 Å². The standard InChI is InChI=1S/C13H24N6O/c1-3-18(4-2)9-10-20-13-16-11(14)15-12(17-13)19-7-5-6-8-19/h3-10H2,1-2H3,(H2,14,15,16,17). The zero-order chi connectivity index (χ0) is 14.4. The smallest absolute Gasteiger partial charge is 0.323 e. The first-order valence-corrected chi connectivity index (χ1v) is 7.34. The molecule has 7 nitrogen and oxygen atoms in total. The molecule has 1 aliphatic rings. The highest BCUT2D eigenvalue weighted by Gasteiger charge is 2.17. The molecule has 0 bridgehead atoms. The molecule has 1 aromatic heterocycles. The van der Waals surface area contributed by atoms with E-state index >= 15 is 0 Å². The van der Waals surface area contributed by atoms with E-state index in [1.165, 1.54) is 12.8 Å². The van der Waals surface area contributed by atoms with Gasteiger partial charge in [-0.2, -0.15) is 15.0 Å². The number of ether oxygens (including phenoxy) is 1. The van der Waals surface area contributed by atoms with E-state index in [4.69, 9.17) is 10.5 Å². The van der Waals surface area contributed by atoms with Crippen molar-refractivity contribution in [2.24, 2.45) is 0 Å². The Balaban J connectivity index is 1.93. The summed E-state index contributed by atoms with van der Waals surface area (Å²) in [5.74, 6) is 0.854. The van der Waals surface area contributed by atoms with Crippen LogP contribution in [0.2, 0.25) is 0 Å². The van der Waals surface area contributed by atoms with Gasteiger partial charge in [-0.25, -0.2) is 0 Å². The van der Waals surface area contributed by atoms with Gasteiger partial charge in [0.25, 0.3) is 0 Å². The van der Waals surface area contributed by atoms with E-state index in [0.717, 1.165) is 32.7 Å². The lowest BCUT2D eigenvalue weighted by Gasteiger charge is -2.18. The Bertz CT molecular complexity index is 417. The van der Waals surface area contributed by atoms with Crippen LogP contribution in [0.5, 0.6) is 6.01 Å². The molecule has 2 heterocycles. The van der Waals surface area contributed by atoms with Crippen molar-refractivity contribution in [1.82, 2.24) is 19.9 Å². The van der Waals surface area contributed by atoms with Crippen LogP contribution in [0.4, 0.5) is 11.9 Å². The highest BCUT2D eigenvalue weighted by atomic mass is 16.5. The lowest BCUT2D eigenvalue weighted by Crippen LogP contribution is -2.28. The van der Waals surface area contributed by atoms with Crippen LogP contribution in [-0.4, -0.2) is 59.2 Å². The van der Waals surface area contributed by atoms with Crippen LogP contribution >= 0.6 is 0 Å². The zero-order valence-electron chi connectivity index (χ0n) is 12.4. The number of hydrogen-bond donors (Lipinski definition) is 1. The Morgan fingerprint density at radius 3 is 2.50 bits per heavy atom. The predicted octanol–water partition coefficient (Wildman–Crippen LogP) is 0.775. The van der Waals surface area contributed by atoms with Gasteiger partial charge in [0.2, 0.25) is 11.9 Å². The van der Waals surface area contributed by atoms with Crippen LogP contribution in [0.3, 0.4) is 0 Å². The maximum absolute atomic E-state index is 5.73. The fourth-order valence-electron chi connectivity index (χ4n) is 2.29. The Morgan fingerprint density at radius 1 is 1.15 bits per heavy atom. The Kier molecular flexibility index (Phi) is 5.34. The van der Waals surface area contributed by atoms with Crippen LogP contribution in [0.25, 0.3) is 0 Å². The molecule has 112 valence electrons. The van der Waals surface area contributed by atoms with Crippen LogP contribution in [-0.2, 0) is 0 Å². The predicted molar refractivity (Wildman–Crippen MR) is 79.0 cm³/mol. The van der Waals surface area contributed by atoms with Gasteiger partial charge in [-0.05, 0) is 25.9 Å². The van der Waals surface area contributed by atoms with E-state index in [0.29, 0.717) is 18.6 Å². The van der Waals surface area contributed by atoms with E-state index in [1.807, 2.05) is 0 Å². The summed E-state index contributed by atoms with van der Waals surface area (Å²) in [5, 5.41) is 0. The number of anilines is 2. The van der Waals surface area contributed by atoms with Crippen molar-refractivity contribution in [2.45, 2.75) is 26.7 Å². The van der Waals surface area contributed by atoms with E-state index < -0.39 is 0 Å². The van der Waals surface area contributed by atoms with Crippen molar-refractivity contribution in [2.75, 3.05) is 50.0 Å². The first kappa shape index (κ1) is 14.8. The lowest BCUT2D eigenvalue weighted by molar-refractivity contribution is 0.212. The molecule has 0 aliphatic carbocycles. The monoisotopic (exact) mass is 280 g/mol. The highest BCUT2D eigenvalue weighted by molar-refractivity contribution is 5.36. The van der Waals surface area contributed by atoms with Crippen LogP contribution in [0.1, 0.15) is 26.7 Å². The van der Waals surface area contributed by atoms with E-state index in [1.54, 1.807) is 0 Å². The Morgan fingerprint density at radius 2 is 1.85 bits per heavy atom. The molecule has 0 amide bonds. The first-order valence-electron chi connectivity index (χ1n) is 7.34. The average Bonchev–Trinajstić information content (AvgIpc) is 2.97. The van der Waals surface area contributed by atoms with E-state index in [2.05, 4.69) is 38.6 Å². The van der Waals surface area contributed by atoms with Gasteiger partial charge in [0, 0.05) is 19.6 Å². The third-order valence-electron chi connectivity index (χ3n) is 3.54. The van der Waals surface area contributed by atoms with Gasteiger partial charge in [-0.3, -0.25) is 0 Å². The minimum absolute atomic E-state index is 0.222. The highest BCUT2D eigenvalue weighted by Crippen LogP contribution is 2.18. The summed E-state index contributed by atoms with van der Waals surface area (Å²) in [7, 11) is 0. The Hall–Kier alpha value is -1.63. The fraction of sp³-hybridized carbons (Fsp3) is 0.769. The van der Waals surface area contributed by atoms with Crippen LogP contribution in [0.15, 0.2) is 0 Å². The second kappa shape index (κ2) is 7.23. The third kappa shape index (κ3) is 3.93.